The second-order valence-electron chi connectivity index (χ2n) is 5.65. The number of carbonyl (C=O) groups is 1. The van der Waals surface area contributed by atoms with Crippen molar-refractivity contribution in [1.29, 1.82) is 0 Å². The third kappa shape index (κ3) is 3.06. The molecular weight excluding hydrogens is 356 g/mol. The number of hydrogen-bond acceptors (Lipinski definition) is 4. The van der Waals surface area contributed by atoms with E-state index in [4.69, 9.17) is 4.74 Å². The lowest BCUT2D eigenvalue weighted by atomic mass is 9.80. The maximum atomic E-state index is 12.0. The van der Waals surface area contributed by atoms with Crippen LogP contribution in [-0.2, 0) is 4.74 Å². The molecule has 1 heterocycles. The van der Waals surface area contributed by atoms with E-state index in [0.29, 0.717) is 12.2 Å². The van der Waals surface area contributed by atoms with Crippen LogP contribution < -0.4 is 0 Å². The van der Waals surface area contributed by atoms with E-state index in [1.807, 2.05) is 18.2 Å². The smallest absolute Gasteiger partial charge is 0.338 e. The Balaban J connectivity index is 2.03. The van der Waals surface area contributed by atoms with E-state index in [0.717, 1.165) is 27.8 Å². The molecular formula is C18H17BrN2O2. The Bertz CT molecular complexity index is 777. The van der Waals surface area contributed by atoms with Crippen LogP contribution in [0.2, 0.25) is 0 Å². The van der Waals surface area contributed by atoms with Crippen LogP contribution in [0, 0.1) is 0 Å². The van der Waals surface area contributed by atoms with Crippen molar-refractivity contribution >= 4 is 33.9 Å². The largest absolute Gasteiger partial charge is 0.462 e. The summed E-state index contributed by atoms with van der Waals surface area (Å²) in [6.07, 6.45) is 6.58. The van der Waals surface area contributed by atoms with E-state index >= 15 is 0 Å². The third-order valence-electron chi connectivity index (χ3n) is 3.99. The second kappa shape index (κ2) is 6.24. The Morgan fingerprint density at radius 2 is 2.26 bits per heavy atom. The molecule has 0 radical (unpaired) electrons. The normalized spacial score (nSPS) is 22.7. The number of carbonyl (C=O) groups excluding carboxylic acids is 1. The van der Waals surface area contributed by atoms with E-state index < -0.39 is 0 Å². The highest BCUT2D eigenvalue weighted by atomic mass is 79.9. The van der Waals surface area contributed by atoms with Gasteiger partial charge in [0.2, 0.25) is 0 Å². The summed E-state index contributed by atoms with van der Waals surface area (Å²) in [5.41, 5.74) is 3.01. The predicted molar refractivity (Wildman–Crippen MR) is 95.5 cm³/mol. The molecule has 1 unspecified atom stereocenters. The highest BCUT2D eigenvalue weighted by molar-refractivity contribution is 9.11. The fourth-order valence-electron chi connectivity index (χ4n) is 2.73. The van der Waals surface area contributed by atoms with E-state index in [1.165, 1.54) is 0 Å². The summed E-state index contributed by atoms with van der Waals surface area (Å²) in [7, 11) is 0. The van der Waals surface area contributed by atoms with Gasteiger partial charge in [-0.05, 0) is 38.5 Å². The van der Waals surface area contributed by atoms with Crippen LogP contribution in [-0.4, -0.2) is 30.2 Å². The lowest BCUT2D eigenvalue weighted by Crippen LogP contribution is -2.34. The molecule has 23 heavy (non-hydrogen) atoms. The van der Waals surface area contributed by atoms with Crippen LogP contribution in [0.4, 0.5) is 0 Å². The quantitative estimate of drug-likeness (QED) is 0.751. The lowest BCUT2D eigenvalue weighted by Gasteiger charge is -2.33. The molecule has 3 rings (SSSR count). The van der Waals surface area contributed by atoms with E-state index in [9.17, 15) is 4.79 Å². The topological polar surface area (TPSA) is 51.0 Å². The third-order valence-corrected chi connectivity index (χ3v) is 4.54. The zero-order valence-electron chi connectivity index (χ0n) is 13.0. The molecule has 0 saturated carbocycles. The molecule has 0 spiro atoms. The minimum absolute atomic E-state index is 0.311. The van der Waals surface area contributed by atoms with Gasteiger partial charge >= 0.3 is 5.97 Å². The Morgan fingerprint density at radius 1 is 1.43 bits per heavy atom. The number of nitrogens with zero attached hydrogens (tertiary/aromatic N) is 2. The summed E-state index contributed by atoms with van der Waals surface area (Å²) >= 11 is 3.54. The van der Waals surface area contributed by atoms with Crippen molar-refractivity contribution in [3.8, 4) is 0 Å². The molecule has 0 bridgehead atoms. The lowest BCUT2D eigenvalue weighted by molar-refractivity contribution is 0.0526. The molecule has 4 nitrogen and oxygen atoms in total. The molecule has 1 aliphatic carbocycles. The van der Waals surface area contributed by atoms with Crippen molar-refractivity contribution < 1.29 is 9.53 Å². The van der Waals surface area contributed by atoms with Crippen molar-refractivity contribution in [2.45, 2.75) is 25.8 Å². The van der Waals surface area contributed by atoms with Crippen LogP contribution in [0.25, 0.3) is 0 Å². The first-order valence-electron chi connectivity index (χ1n) is 7.51. The molecule has 2 aliphatic rings. The summed E-state index contributed by atoms with van der Waals surface area (Å²) in [5.74, 6) is -0.319. The summed E-state index contributed by atoms with van der Waals surface area (Å²) in [6.45, 7) is 4.25. The van der Waals surface area contributed by atoms with Crippen LogP contribution in [0.15, 0.2) is 56.5 Å². The number of allylic oxidation sites excluding steroid dienone is 2. The molecule has 1 atom stereocenters. The molecule has 0 N–H and O–H groups in total. The molecule has 0 amide bonds. The summed E-state index contributed by atoms with van der Waals surface area (Å²) < 4.78 is 6.10. The molecule has 0 fully saturated rings. The van der Waals surface area contributed by atoms with Gasteiger partial charge < -0.3 is 4.74 Å². The molecule has 118 valence electrons. The zero-order chi connectivity index (χ0) is 16.4. The van der Waals surface area contributed by atoms with Crippen LogP contribution in [0.5, 0.6) is 0 Å². The highest BCUT2D eigenvalue weighted by Crippen LogP contribution is 2.37. The molecule has 0 aromatic heterocycles. The second-order valence-corrected chi connectivity index (χ2v) is 6.56. The molecule has 5 heteroatoms. The number of hydrogen-bond donors (Lipinski definition) is 0. The van der Waals surface area contributed by atoms with Gasteiger partial charge in [0, 0.05) is 15.6 Å². The van der Waals surface area contributed by atoms with E-state index in [2.05, 4.69) is 45.0 Å². The van der Waals surface area contributed by atoms with Gasteiger partial charge in [0.25, 0.3) is 0 Å². The number of esters is 1. The fourth-order valence-corrected chi connectivity index (χ4v) is 3.12. The number of ether oxygens (including phenoxy) is 1. The summed E-state index contributed by atoms with van der Waals surface area (Å²) in [6, 6.07) is 7.38. The predicted octanol–water partition coefficient (Wildman–Crippen LogP) is 4.06. The number of benzene rings is 1. The highest BCUT2D eigenvalue weighted by Gasteiger charge is 2.35. The first-order chi connectivity index (χ1) is 11.0. The van der Waals surface area contributed by atoms with Crippen molar-refractivity contribution in [3.05, 3.63) is 57.6 Å². The standard InChI is InChI=1S/C18H17BrN2O2/c1-3-23-17(22)13-6-4-5-12(9-13)16-15-10-14(19)7-8-18(15,2)21-11-20-16/h4-7,9-11H,3,8H2,1-2H3. The van der Waals surface area contributed by atoms with Gasteiger partial charge in [-0.15, -0.1) is 0 Å². The summed E-state index contributed by atoms with van der Waals surface area (Å²) in [4.78, 5) is 21.0. The number of aliphatic imine (C=N–C) groups is 2. The minimum Gasteiger partial charge on any atom is -0.462 e. The van der Waals surface area contributed by atoms with Gasteiger partial charge in [0.1, 0.15) is 6.34 Å². The monoisotopic (exact) mass is 372 g/mol. The van der Waals surface area contributed by atoms with Gasteiger partial charge in [-0.25, -0.2) is 9.79 Å². The van der Waals surface area contributed by atoms with Crippen molar-refractivity contribution in [3.63, 3.8) is 0 Å². The number of rotatable bonds is 3. The average molecular weight is 373 g/mol. The first-order valence-corrected chi connectivity index (χ1v) is 8.30. The molecule has 0 saturated heterocycles. The van der Waals surface area contributed by atoms with Gasteiger partial charge in [-0.1, -0.05) is 34.1 Å². The summed E-state index contributed by atoms with van der Waals surface area (Å²) in [5, 5.41) is 0. The Morgan fingerprint density at radius 3 is 3.04 bits per heavy atom. The average Bonchev–Trinajstić information content (AvgIpc) is 2.55. The first kappa shape index (κ1) is 15.9. The number of fused-ring (bicyclic) bond motifs is 1. The maximum absolute atomic E-state index is 12.0. The Labute approximate surface area is 143 Å². The van der Waals surface area contributed by atoms with Crippen molar-refractivity contribution in [2.75, 3.05) is 6.61 Å². The Kier molecular flexibility index (Phi) is 4.31. The minimum atomic E-state index is -0.319. The SMILES string of the molecule is CCOC(=O)c1cccc(C2=NC=NC3(C)CC=C(Br)C=C23)c1. The van der Waals surface area contributed by atoms with Crippen LogP contribution >= 0.6 is 15.9 Å². The van der Waals surface area contributed by atoms with E-state index in [-0.39, 0.29) is 11.5 Å². The molecule has 1 aromatic carbocycles. The van der Waals surface area contributed by atoms with E-state index in [1.54, 1.807) is 19.3 Å². The zero-order valence-corrected chi connectivity index (χ0v) is 14.6. The van der Waals surface area contributed by atoms with Crippen LogP contribution in [0.1, 0.15) is 36.2 Å². The van der Waals surface area contributed by atoms with Gasteiger partial charge in [0.05, 0.1) is 23.4 Å². The Hall–Kier alpha value is -2.01. The van der Waals surface area contributed by atoms with Crippen molar-refractivity contribution in [2.24, 2.45) is 9.98 Å². The van der Waals surface area contributed by atoms with Crippen LogP contribution in [0.3, 0.4) is 0 Å². The van der Waals surface area contributed by atoms with Gasteiger partial charge in [-0.2, -0.15) is 0 Å². The maximum Gasteiger partial charge on any atom is 0.338 e. The molecule has 1 aromatic rings. The van der Waals surface area contributed by atoms with Crippen molar-refractivity contribution in [1.82, 2.24) is 0 Å². The fraction of sp³-hybridized carbons (Fsp3) is 0.278. The molecule has 1 aliphatic heterocycles. The number of halogens is 1. The van der Waals surface area contributed by atoms with Gasteiger partial charge in [0.15, 0.2) is 0 Å². The van der Waals surface area contributed by atoms with Gasteiger partial charge in [-0.3, -0.25) is 4.99 Å².